The molecule has 1 aromatic heterocycles. The summed E-state index contributed by atoms with van der Waals surface area (Å²) in [6.07, 6.45) is 0. The zero-order chi connectivity index (χ0) is 16.1. The van der Waals surface area contributed by atoms with Crippen LogP contribution in [-0.2, 0) is 9.59 Å². The van der Waals surface area contributed by atoms with Gasteiger partial charge in [-0.25, -0.2) is 0 Å². The third-order valence-corrected chi connectivity index (χ3v) is 6.55. The van der Waals surface area contributed by atoms with Gasteiger partial charge in [-0.2, -0.15) is 0 Å². The van der Waals surface area contributed by atoms with Crippen LogP contribution in [0.25, 0.3) is 0 Å². The Kier molecular flexibility index (Phi) is 3.31. The largest absolute Gasteiger partial charge is 0.497 e. The number of ether oxygens (including phenoxy) is 1. The van der Waals surface area contributed by atoms with Crippen molar-refractivity contribution in [3.05, 3.63) is 44.4 Å². The third kappa shape index (κ3) is 2.21. The van der Waals surface area contributed by atoms with Gasteiger partial charge in [0, 0.05) is 10.8 Å². The number of fused-ring (bicyclic) bond motifs is 2. The Hall–Kier alpha value is -2.06. The van der Waals surface area contributed by atoms with Crippen LogP contribution < -0.4 is 14.9 Å². The Morgan fingerprint density at radius 2 is 1.83 bits per heavy atom. The van der Waals surface area contributed by atoms with Crippen molar-refractivity contribution in [3.8, 4) is 5.75 Å². The Labute approximate surface area is 139 Å². The Balaban J connectivity index is 1.87. The van der Waals surface area contributed by atoms with Crippen LogP contribution in [0.4, 0.5) is 0 Å². The van der Waals surface area contributed by atoms with Crippen LogP contribution in [0.3, 0.4) is 0 Å². The average Bonchev–Trinajstić information content (AvgIpc) is 3.05. The Bertz CT molecular complexity index is 855. The van der Waals surface area contributed by atoms with Crippen LogP contribution >= 0.6 is 23.1 Å². The highest BCUT2D eigenvalue weighted by Crippen LogP contribution is 2.50. The van der Waals surface area contributed by atoms with Crippen molar-refractivity contribution in [2.24, 2.45) is 5.92 Å². The van der Waals surface area contributed by atoms with Crippen molar-refractivity contribution < 1.29 is 14.3 Å². The van der Waals surface area contributed by atoms with Gasteiger partial charge >= 0.3 is 4.87 Å². The average molecular weight is 348 g/mol. The van der Waals surface area contributed by atoms with Crippen LogP contribution in [0.15, 0.2) is 34.1 Å². The van der Waals surface area contributed by atoms with E-state index in [1.807, 2.05) is 24.3 Å². The standard InChI is InChI=1S/C15H12N2O4S2/c1-21-7-4-2-6(3-5-7)8-9-10(13(19)16-12(9)18)22-14-11(8)23-15(20)17-14/h2-5,8-10H,1H3,(H,17,20)(H,16,18,19)/t8-,9-,10-/m1/s1. The maximum atomic E-state index is 12.3. The number of carbonyl (C=O) groups excluding carboxylic acids is 2. The molecule has 4 rings (SSSR count). The molecule has 1 fully saturated rings. The van der Waals surface area contributed by atoms with E-state index in [0.29, 0.717) is 10.8 Å². The minimum Gasteiger partial charge on any atom is -0.497 e. The van der Waals surface area contributed by atoms with Gasteiger partial charge in [-0.3, -0.25) is 19.7 Å². The lowest BCUT2D eigenvalue weighted by Crippen LogP contribution is -2.31. The van der Waals surface area contributed by atoms with Gasteiger partial charge in [0.25, 0.3) is 0 Å². The molecule has 3 atom stereocenters. The molecular formula is C15H12N2O4S2. The number of imide groups is 1. The minimum atomic E-state index is -0.507. The number of hydrogen-bond acceptors (Lipinski definition) is 6. The van der Waals surface area contributed by atoms with Crippen LogP contribution in [0, 0.1) is 5.92 Å². The fraction of sp³-hybridized carbons (Fsp3) is 0.267. The van der Waals surface area contributed by atoms with E-state index >= 15 is 0 Å². The molecule has 2 aliphatic heterocycles. The van der Waals surface area contributed by atoms with E-state index in [0.717, 1.165) is 21.8 Å². The number of aromatic amines is 1. The summed E-state index contributed by atoms with van der Waals surface area (Å²) in [6.45, 7) is 0. The van der Waals surface area contributed by atoms with Gasteiger partial charge in [0.15, 0.2) is 0 Å². The summed E-state index contributed by atoms with van der Waals surface area (Å²) in [4.78, 5) is 39.5. The summed E-state index contributed by atoms with van der Waals surface area (Å²) in [7, 11) is 1.58. The summed E-state index contributed by atoms with van der Waals surface area (Å²) < 4.78 is 5.16. The van der Waals surface area contributed by atoms with Crippen LogP contribution in [0.2, 0.25) is 0 Å². The molecule has 1 saturated heterocycles. The molecule has 0 aliphatic carbocycles. The lowest BCUT2D eigenvalue weighted by atomic mass is 9.83. The number of rotatable bonds is 2. The first-order valence-electron chi connectivity index (χ1n) is 6.97. The number of H-pyrrole nitrogens is 1. The molecule has 0 spiro atoms. The second-order valence-electron chi connectivity index (χ2n) is 5.38. The molecule has 118 valence electrons. The number of thioether (sulfide) groups is 1. The van der Waals surface area contributed by atoms with E-state index in [9.17, 15) is 14.4 Å². The zero-order valence-electron chi connectivity index (χ0n) is 12.0. The highest BCUT2D eigenvalue weighted by atomic mass is 32.2. The number of aromatic nitrogens is 1. The van der Waals surface area contributed by atoms with E-state index in [1.54, 1.807) is 7.11 Å². The fourth-order valence-electron chi connectivity index (χ4n) is 3.11. The molecule has 2 aliphatic rings. The molecule has 3 heterocycles. The molecule has 0 unspecified atom stereocenters. The summed E-state index contributed by atoms with van der Waals surface area (Å²) in [5.74, 6) is -0.664. The lowest BCUT2D eigenvalue weighted by molar-refractivity contribution is -0.125. The number of amides is 2. The predicted molar refractivity (Wildman–Crippen MR) is 86.1 cm³/mol. The van der Waals surface area contributed by atoms with Crippen molar-refractivity contribution in [1.29, 1.82) is 0 Å². The van der Waals surface area contributed by atoms with E-state index < -0.39 is 11.2 Å². The monoisotopic (exact) mass is 348 g/mol. The van der Waals surface area contributed by atoms with Gasteiger partial charge in [-0.15, -0.1) is 0 Å². The van der Waals surface area contributed by atoms with Crippen molar-refractivity contribution in [1.82, 2.24) is 10.3 Å². The third-order valence-electron chi connectivity index (χ3n) is 4.14. The van der Waals surface area contributed by atoms with Gasteiger partial charge in [0.2, 0.25) is 11.8 Å². The molecule has 2 amide bonds. The van der Waals surface area contributed by atoms with Crippen molar-refractivity contribution >= 4 is 34.9 Å². The molecule has 6 nitrogen and oxygen atoms in total. The highest BCUT2D eigenvalue weighted by Gasteiger charge is 2.52. The van der Waals surface area contributed by atoms with Gasteiger partial charge < -0.3 is 9.72 Å². The molecule has 0 bridgehead atoms. The van der Waals surface area contributed by atoms with Crippen molar-refractivity contribution in [2.75, 3.05) is 7.11 Å². The normalized spacial score (nSPS) is 25.7. The number of methoxy groups -OCH3 is 1. The molecule has 0 radical (unpaired) electrons. The molecular weight excluding hydrogens is 336 g/mol. The minimum absolute atomic E-state index is 0.172. The summed E-state index contributed by atoms with van der Waals surface area (Å²) in [5, 5.41) is 2.59. The number of nitrogens with one attached hydrogen (secondary N) is 2. The summed E-state index contributed by atoms with van der Waals surface area (Å²) in [5.41, 5.74) is 0.891. The van der Waals surface area contributed by atoms with Crippen molar-refractivity contribution in [3.63, 3.8) is 0 Å². The maximum absolute atomic E-state index is 12.3. The number of hydrogen-bond donors (Lipinski definition) is 2. The Morgan fingerprint density at radius 3 is 2.52 bits per heavy atom. The van der Waals surface area contributed by atoms with Crippen LogP contribution in [-0.4, -0.2) is 29.2 Å². The predicted octanol–water partition coefficient (Wildman–Crippen LogP) is 1.32. The summed E-state index contributed by atoms with van der Waals surface area (Å²) in [6, 6.07) is 7.38. The van der Waals surface area contributed by atoms with Crippen LogP contribution in [0.1, 0.15) is 16.4 Å². The lowest BCUT2D eigenvalue weighted by Gasteiger charge is -2.29. The van der Waals surface area contributed by atoms with Crippen LogP contribution in [0.5, 0.6) is 5.75 Å². The summed E-state index contributed by atoms with van der Waals surface area (Å²) >= 11 is 2.36. The maximum Gasteiger partial charge on any atom is 0.305 e. The highest BCUT2D eigenvalue weighted by molar-refractivity contribution is 8.00. The van der Waals surface area contributed by atoms with E-state index in [2.05, 4.69) is 10.3 Å². The van der Waals surface area contributed by atoms with E-state index in [1.165, 1.54) is 11.8 Å². The zero-order valence-corrected chi connectivity index (χ0v) is 13.6. The number of thiazole rings is 1. The second-order valence-corrected chi connectivity index (χ2v) is 7.54. The first kappa shape index (κ1) is 14.5. The first-order valence-corrected chi connectivity index (χ1v) is 8.66. The van der Waals surface area contributed by atoms with Gasteiger partial charge in [0.05, 0.1) is 18.1 Å². The van der Waals surface area contributed by atoms with E-state index in [-0.39, 0.29) is 22.6 Å². The molecule has 8 heteroatoms. The molecule has 23 heavy (non-hydrogen) atoms. The van der Waals surface area contributed by atoms with Crippen molar-refractivity contribution in [2.45, 2.75) is 16.2 Å². The van der Waals surface area contributed by atoms with Gasteiger partial charge in [-0.05, 0) is 17.7 Å². The molecule has 1 aromatic carbocycles. The topological polar surface area (TPSA) is 88.3 Å². The fourth-order valence-corrected chi connectivity index (χ4v) is 5.59. The van der Waals surface area contributed by atoms with E-state index in [4.69, 9.17) is 4.74 Å². The Morgan fingerprint density at radius 1 is 1.09 bits per heavy atom. The quantitative estimate of drug-likeness (QED) is 0.799. The number of benzene rings is 1. The molecule has 2 N–H and O–H groups in total. The smallest absolute Gasteiger partial charge is 0.305 e. The number of carbonyl (C=O) groups is 2. The second kappa shape index (κ2) is 5.24. The SMILES string of the molecule is COc1ccc([C@H]2c3sc(=O)[nH]c3S[C@H]3C(=O)NC(=O)[C@H]23)cc1. The molecule has 2 aromatic rings. The molecule has 0 saturated carbocycles. The first-order chi connectivity index (χ1) is 11.1. The van der Waals surface area contributed by atoms with Gasteiger partial charge in [0.1, 0.15) is 11.0 Å². The van der Waals surface area contributed by atoms with Gasteiger partial charge in [-0.1, -0.05) is 35.2 Å².